The summed E-state index contributed by atoms with van der Waals surface area (Å²) in [5.74, 6) is 0. The van der Waals surface area contributed by atoms with Crippen LogP contribution in [0.25, 0.3) is 0 Å². The zero-order valence-electron chi connectivity index (χ0n) is 5.10. The lowest BCUT2D eigenvalue weighted by atomic mass is 10.9. The van der Waals surface area contributed by atoms with Crippen LogP contribution >= 0.6 is 23.2 Å². The minimum absolute atomic E-state index is 0.634. The van der Waals surface area contributed by atoms with Crippen molar-refractivity contribution in [1.82, 2.24) is 0 Å². The molecule has 0 radical (unpaired) electrons. The monoisotopic (exact) mass is 174 g/mol. The number of halogens is 2. The third-order valence-electron chi connectivity index (χ3n) is 0.255. The Hall–Kier alpha value is 0.01000. The van der Waals surface area contributed by atoms with E-state index < -0.39 is 11.0 Å². The number of carbonyl (C=O) groups is 1. The second-order valence-corrected chi connectivity index (χ2v) is 1.82. The number of hydrogen-bond acceptors (Lipinski definition) is 3. The predicted octanol–water partition coefficient (Wildman–Crippen LogP) is 1.56. The number of alkyl halides is 1. The Morgan fingerprint density at radius 1 is 1.67 bits per heavy atom. The maximum Gasteiger partial charge on any atom is 0.405 e. The van der Waals surface area contributed by atoms with Crippen LogP contribution in [0.5, 0.6) is 0 Å². The molecule has 0 saturated heterocycles. The highest BCUT2D eigenvalue weighted by molar-refractivity contribution is 6.61. The number of aliphatic hydroxyl groups excluding tert-OH is 1. The van der Waals surface area contributed by atoms with Crippen LogP contribution in [0.1, 0.15) is 6.92 Å². The Kier molecular flexibility index (Phi) is 10.5. The van der Waals surface area contributed by atoms with Crippen LogP contribution in [0.3, 0.4) is 0 Å². The largest absolute Gasteiger partial charge is 0.434 e. The van der Waals surface area contributed by atoms with Gasteiger partial charge in [-0.15, -0.1) is 0 Å². The summed E-state index contributed by atoms with van der Waals surface area (Å²) in [5.41, 5.74) is -1.51. The Balaban J connectivity index is 0. The van der Waals surface area contributed by atoms with E-state index in [2.05, 4.69) is 4.74 Å². The minimum Gasteiger partial charge on any atom is -0.434 e. The Labute approximate surface area is 63.5 Å². The van der Waals surface area contributed by atoms with Gasteiger partial charge in [-0.05, 0) is 6.92 Å². The van der Waals surface area contributed by atoms with Gasteiger partial charge in [0.25, 0.3) is 0 Å². The van der Waals surface area contributed by atoms with Crippen molar-refractivity contribution in [3.63, 3.8) is 0 Å². The molecule has 0 aromatic rings. The molecule has 0 bridgehead atoms. The number of carbonyl (C=O) groups excluding carboxylic acids is 1. The van der Waals surface area contributed by atoms with Crippen LogP contribution in [0.15, 0.2) is 0 Å². The lowest BCUT2D eigenvalue weighted by Gasteiger charge is -1.97. The smallest absolute Gasteiger partial charge is 0.405 e. The van der Waals surface area contributed by atoms with E-state index >= 15 is 0 Å². The van der Waals surface area contributed by atoms with E-state index in [1.807, 2.05) is 0 Å². The van der Waals surface area contributed by atoms with Crippen LogP contribution in [0.4, 0.5) is 4.79 Å². The molecule has 1 atom stereocenters. The molecule has 56 valence electrons. The molecular weight excluding hydrogens is 167 g/mol. The van der Waals surface area contributed by atoms with E-state index in [1.54, 1.807) is 0 Å². The van der Waals surface area contributed by atoms with Gasteiger partial charge in [0, 0.05) is 18.7 Å². The number of hydrogen-bond donors (Lipinski definition) is 1. The molecule has 1 unspecified atom stereocenters. The third kappa shape index (κ3) is 18.0. The lowest BCUT2D eigenvalue weighted by Crippen LogP contribution is -1.99. The van der Waals surface area contributed by atoms with E-state index in [-0.39, 0.29) is 0 Å². The van der Waals surface area contributed by atoms with Crippen molar-refractivity contribution < 1.29 is 14.6 Å². The maximum atomic E-state index is 9.71. The minimum atomic E-state index is -0.873. The van der Waals surface area contributed by atoms with Crippen molar-refractivity contribution in [2.24, 2.45) is 0 Å². The van der Waals surface area contributed by atoms with E-state index in [1.165, 1.54) is 6.92 Å². The van der Waals surface area contributed by atoms with E-state index in [9.17, 15) is 4.79 Å². The van der Waals surface area contributed by atoms with Gasteiger partial charge in [0.2, 0.25) is 0 Å². The van der Waals surface area contributed by atoms with Crippen LogP contribution in [0, 0.1) is 0 Å². The number of aliphatic hydroxyl groups is 1. The van der Waals surface area contributed by atoms with Gasteiger partial charge in [-0.1, -0.05) is 11.6 Å². The first-order chi connectivity index (χ1) is 4.13. The summed E-state index contributed by atoms with van der Waals surface area (Å²) >= 11 is 9.87. The van der Waals surface area contributed by atoms with Crippen molar-refractivity contribution in [1.29, 1.82) is 0 Å². The molecule has 0 heterocycles. The molecular formula is C4H8Cl2O3. The third-order valence-corrected chi connectivity index (χ3v) is 0.433. The molecule has 5 heteroatoms. The molecule has 0 spiro atoms. The van der Waals surface area contributed by atoms with Crippen molar-refractivity contribution in [3.8, 4) is 0 Å². The van der Waals surface area contributed by atoms with Gasteiger partial charge in [-0.25, -0.2) is 4.79 Å². The van der Waals surface area contributed by atoms with Crippen molar-refractivity contribution in [2.45, 2.75) is 12.5 Å². The topological polar surface area (TPSA) is 46.5 Å². The quantitative estimate of drug-likeness (QED) is 0.485. The van der Waals surface area contributed by atoms with Crippen LogP contribution in [0.2, 0.25) is 0 Å². The van der Waals surface area contributed by atoms with Crippen LogP contribution < -0.4 is 0 Å². The molecule has 1 N–H and O–H groups in total. The fourth-order valence-corrected chi connectivity index (χ4v) is 0.388. The van der Waals surface area contributed by atoms with E-state index in [4.69, 9.17) is 28.3 Å². The molecule has 9 heavy (non-hydrogen) atoms. The Bertz CT molecular complexity index is 74.2. The first-order valence-corrected chi connectivity index (χ1v) is 2.89. The maximum absolute atomic E-state index is 9.71. The average molecular weight is 175 g/mol. The van der Waals surface area contributed by atoms with Gasteiger partial charge in [-0.2, -0.15) is 0 Å². The zero-order chi connectivity index (χ0) is 7.86. The predicted molar refractivity (Wildman–Crippen MR) is 35.8 cm³/mol. The van der Waals surface area contributed by atoms with Crippen molar-refractivity contribution >= 4 is 28.6 Å². The van der Waals surface area contributed by atoms with Gasteiger partial charge in [0.05, 0.1) is 0 Å². The first-order valence-electron chi connectivity index (χ1n) is 2.08. The summed E-state index contributed by atoms with van der Waals surface area (Å²) in [4.78, 5) is 9.71. The molecule has 3 nitrogen and oxygen atoms in total. The molecule has 0 amide bonds. The van der Waals surface area contributed by atoms with Crippen molar-refractivity contribution in [3.05, 3.63) is 0 Å². The fraction of sp³-hybridized carbons (Fsp3) is 0.750. The summed E-state index contributed by atoms with van der Waals surface area (Å²) < 4.78 is 4.14. The normalized spacial score (nSPS) is 10.8. The SMILES string of the molecule is CC(Cl)OC(=O)Cl.CO. The standard InChI is InChI=1S/C3H4Cl2O2.CH4O/c1-2(4)7-3(5)6;1-2/h2H,1H3;2H,1H3. The molecule has 0 aliphatic carbocycles. The summed E-state index contributed by atoms with van der Waals surface area (Å²) in [6.45, 7) is 1.50. The van der Waals surface area contributed by atoms with Gasteiger partial charge in [-0.3, -0.25) is 0 Å². The number of ether oxygens (including phenoxy) is 1. The Morgan fingerprint density at radius 3 is 2.00 bits per heavy atom. The van der Waals surface area contributed by atoms with Crippen LogP contribution in [-0.4, -0.2) is 23.2 Å². The Morgan fingerprint density at radius 2 is 2.00 bits per heavy atom. The molecule has 0 fully saturated rings. The van der Waals surface area contributed by atoms with Crippen molar-refractivity contribution in [2.75, 3.05) is 7.11 Å². The van der Waals surface area contributed by atoms with E-state index in [0.29, 0.717) is 0 Å². The summed E-state index contributed by atoms with van der Waals surface area (Å²) in [7, 11) is 1.00. The average Bonchev–Trinajstić information content (AvgIpc) is 1.68. The summed E-state index contributed by atoms with van der Waals surface area (Å²) in [5, 5.41) is 7.00. The number of rotatable bonds is 1. The van der Waals surface area contributed by atoms with Crippen LogP contribution in [-0.2, 0) is 4.74 Å². The first kappa shape index (κ1) is 11.8. The fourth-order valence-electron chi connectivity index (χ4n) is 0.128. The molecule has 0 saturated carbocycles. The highest BCUT2D eigenvalue weighted by atomic mass is 35.5. The van der Waals surface area contributed by atoms with Gasteiger partial charge in [0.15, 0.2) is 5.56 Å². The molecule has 0 rings (SSSR count). The summed E-state index contributed by atoms with van der Waals surface area (Å²) in [6, 6.07) is 0. The molecule has 0 aliphatic rings. The molecule has 0 aromatic heterocycles. The second-order valence-electron chi connectivity index (χ2n) is 0.898. The highest BCUT2D eigenvalue weighted by Gasteiger charge is 1.98. The molecule has 0 aliphatic heterocycles. The van der Waals surface area contributed by atoms with E-state index in [0.717, 1.165) is 7.11 Å². The highest BCUT2D eigenvalue weighted by Crippen LogP contribution is 1.98. The lowest BCUT2D eigenvalue weighted by molar-refractivity contribution is 0.166. The van der Waals surface area contributed by atoms with Gasteiger partial charge >= 0.3 is 5.43 Å². The zero-order valence-corrected chi connectivity index (χ0v) is 6.61. The van der Waals surface area contributed by atoms with Gasteiger partial charge < -0.3 is 9.84 Å². The van der Waals surface area contributed by atoms with Gasteiger partial charge in [0.1, 0.15) is 0 Å². The second kappa shape index (κ2) is 8.01. The molecule has 0 aromatic carbocycles. The summed E-state index contributed by atoms with van der Waals surface area (Å²) in [6.07, 6.45) is 0.